The van der Waals surface area contributed by atoms with E-state index in [0.717, 1.165) is 28.3 Å². The van der Waals surface area contributed by atoms with E-state index in [9.17, 15) is 5.11 Å². The van der Waals surface area contributed by atoms with Crippen molar-refractivity contribution < 1.29 is 14.3 Å². The topological polar surface area (TPSA) is 59.9 Å². The Balaban J connectivity index is 1.70. The van der Waals surface area contributed by atoms with Gasteiger partial charge >= 0.3 is 0 Å². The maximum absolute atomic E-state index is 10.6. The predicted molar refractivity (Wildman–Crippen MR) is 102 cm³/mol. The number of rotatable bonds is 4. The van der Waals surface area contributed by atoms with E-state index in [1.807, 2.05) is 36.4 Å². The van der Waals surface area contributed by atoms with Gasteiger partial charge in [-0.05, 0) is 42.6 Å². The minimum absolute atomic E-state index is 0.134. The Hall–Kier alpha value is -2.64. The normalized spacial score (nSPS) is 14.2. The molecule has 1 N–H and O–H groups in total. The van der Waals surface area contributed by atoms with Crippen molar-refractivity contribution in [3.63, 3.8) is 0 Å². The highest BCUT2D eigenvalue weighted by Gasteiger charge is 2.16. The summed E-state index contributed by atoms with van der Waals surface area (Å²) >= 11 is 6.74. The molecule has 3 aromatic rings. The lowest BCUT2D eigenvalue weighted by Crippen LogP contribution is -1.97. The predicted octanol–water partition coefficient (Wildman–Crippen LogP) is 4.89. The van der Waals surface area contributed by atoms with Crippen LogP contribution >= 0.6 is 23.6 Å². The van der Waals surface area contributed by atoms with Crippen molar-refractivity contribution in [3.05, 3.63) is 56.8 Å². The van der Waals surface area contributed by atoms with E-state index >= 15 is 0 Å². The Morgan fingerprint density at radius 2 is 2.28 bits per heavy atom. The standard InChI is InChI=1S/C18H14N2O3S2/c1-22-12-4-5-14-11(9-19-15(14)8-12)7-16-17(21)20(18(24)25-16)10-13-3-2-6-23-13/h2-9,21H,10H2,1H3/b11-7+. The number of hydrogen-bond donors (Lipinski definition) is 1. The molecule has 0 saturated heterocycles. The lowest BCUT2D eigenvalue weighted by atomic mass is 10.1. The van der Waals surface area contributed by atoms with Gasteiger partial charge in [-0.15, -0.1) is 11.3 Å². The molecule has 1 aliphatic rings. The average molecular weight is 370 g/mol. The quantitative estimate of drug-likeness (QED) is 0.664. The van der Waals surface area contributed by atoms with Crippen LogP contribution < -0.4 is 4.74 Å². The molecule has 0 spiro atoms. The van der Waals surface area contributed by atoms with Gasteiger partial charge in [-0.1, -0.05) is 0 Å². The molecule has 7 heteroatoms. The second-order valence-corrected chi connectivity index (χ2v) is 7.14. The SMILES string of the molecule is COc1ccc2c(c1)N=C/C2=C\c1sc(=S)n(Cc2ccco2)c1O. The van der Waals surface area contributed by atoms with Gasteiger partial charge in [0.2, 0.25) is 5.88 Å². The summed E-state index contributed by atoms with van der Waals surface area (Å²) in [4.78, 5) is 5.10. The third-order valence-corrected chi connectivity index (χ3v) is 5.32. The highest BCUT2D eigenvalue weighted by atomic mass is 32.1. The maximum atomic E-state index is 10.6. The maximum Gasteiger partial charge on any atom is 0.211 e. The number of ether oxygens (including phenoxy) is 1. The number of methoxy groups -OCH3 is 1. The number of fused-ring (bicyclic) bond motifs is 1. The van der Waals surface area contributed by atoms with Crippen LogP contribution in [0.1, 0.15) is 16.2 Å². The smallest absolute Gasteiger partial charge is 0.211 e. The molecule has 4 rings (SSSR count). The number of hydrogen-bond acceptors (Lipinski definition) is 6. The van der Waals surface area contributed by atoms with Crippen molar-refractivity contribution in [1.82, 2.24) is 4.57 Å². The summed E-state index contributed by atoms with van der Waals surface area (Å²) in [7, 11) is 1.63. The summed E-state index contributed by atoms with van der Waals surface area (Å²) in [5.74, 6) is 1.64. The average Bonchev–Trinajstić information content (AvgIpc) is 3.32. The van der Waals surface area contributed by atoms with E-state index in [-0.39, 0.29) is 5.88 Å². The molecule has 126 valence electrons. The molecular formula is C18H14N2O3S2. The van der Waals surface area contributed by atoms with Gasteiger partial charge in [-0.2, -0.15) is 0 Å². The van der Waals surface area contributed by atoms with Crippen LogP contribution in [0.3, 0.4) is 0 Å². The minimum atomic E-state index is 0.134. The van der Waals surface area contributed by atoms with Crippen molar-refractivity contribution in [1.29, 1.82) is 0 Å². The van der Waals surface area contributed by atoms with Gasteiger partial charge in [-0.25, -0.2) is 0 Å². The van der Waals surface area contributed by atoms with Crippen LogP contribution in [0.15, 0.2) is 46.0 Å². The van der Waals surface area contributed by atoms with E-state index < -0.39 is 0 Å². The van der Waals surface area contributed by atoms with Crippen LogP contribution in [0, 0.1) is 3.95 Å². The lowest BCUT2D eigenvalue weighted by molar-refractivity contribution is 0.407. The Bertz CT molecular complexity index is 1040. The minimum Gasteiger partial charge on any atom is -0.497 e. The van der Waals surface area contributed by atoms with Gasteiger partial charge in [0.25, 0.3) is 0 Å². The Kier molecular flexibility index (Phi) is 4.03. The van der Waals surface area contributed by atoms with Crippen LogP contribution in [0.25, 0.3) is 11.6 Å². The molecule has 0 unspecified atom stereocenters. The second-order valence-electron chi connectivity index (χ2n) is 5.46. The van der Waals surface area contributed by atoms with Gasteiger partial charge < -0.3 is 14.3 Å². The van der Waals surface area contributed by atoms with E-state index in [1.54, 1.807) is 24.2 Å². The zero-order valence-electron chi connectivity index (χ0n) is 13.3. The number of aliphatic imine (C=N–C) groups is 1. The molecule has 0 atom stereocenters. The summed E-state index contributed by atoms with van der Waals surface area (Å²) in [5.41, 5.74) is 2.77. The summed E-state index contributed by atoms with van der Waals surface area (Å²) in [5, 5.41) is 10.6. The van der Waals surface area contributed by atoms with Crippen molar-refractivity contribution in [3.8, 4) is 11.6 Å². The van der Waals surface area contributed by atoms with Crippen LogP contribution in [-0.2, 0) is 6.54 Å². The fourth-order valence-electron chi connectivity index (χ4n) is 2.66. The van der Waals surface area contributed by atoms with E-state index in [1.165, 1.54) is 11.3 Å². The first kappa shape index (κ1) is 15.9. The fourth-order valence-corrected chi connectivity index (χ4v) is 3.92. The highest BCUT2D eigenvalue weighted by Crippen LogP contribution is 2.37. The van der Waals surface area contributed by atoms with Crippen LogP contribution in [0.2, 0.25) is 0 Å². The number of benzene rings is 1. The van der Waals surface area contributed by atoms with Crippen LogP contribution in [-0.4, -0.2) is 23.0 Å². The Morgan fingerprint density at radius 1 is 1.40 bits per heavy atom. The molecule has 1 aliphatic heterocycles. The largest absolute Gasteiger partial charge is 0.497 e. The highest BCUT2D eigenvalue weighted by molar-refractivity contribution is 7.73. The molecule has 0 aliphatic carbocycles. The van der Waals surface area contributed by atoms with Crippen molar-refractivity contribution in [2.45, 2.75) is 6.54 Å². The summed E-state index contributed by atoms with van der Waals surface area (Å²) < 4.78 is 12.8. The number of allylic oxidation sites excluding steroid dienone is 1. The number of aromatic hydroxyl groups is 1. The second kappa shape index (κ2) is 6.34. The molecule has 0 radical (unpaired) electrons. The first-order valence-corrected chi connectivity index (χ1v) is 8.77. The number of nitrogens with zero attached hydrogens (tertiary/aromatic N) is 2. The zero-order valence-corrected chi connectivity index (χ0v) is 14.9. The van der Waals surface area contributed by atoms with E-state index in [0.29, 0.717) is 15.4 Å². The molecule has 25 heavy (non-hydrogen) atoms. The van der Waals surface area contributed by atoms with Gasteiger partial charge in [0.05, 0.1) is 30.5 Å². The van der Waals surface area contributed by atoms with Crippen molar-refractivity contribution in [2.75, 3.05) is 7.11 Å². The van der Waals surface area contributed by atoms with Gasteiger partial charge in [0, 0.05) is 23.4 Å². The van der Waals surface area contributed by atoms with Crippen LogP contribution in [0.5, 0.6) is 11.6 Å². The Labute approximate surface area is 153 Å². The molecule has 0 fully saturated rings. The number of thiazole rings is 1. The number of furan rings is 1. The molecule has 0 bridgehead atoms. The molecule has 5 nitrogen and oxygen atoms in total. The lowest BCUT2D eigenvalue weighted by Gasteiger charge is -2.04. The van der Waals surface area contributed by atoms with Gasteiger partial charge in [0.1, 0.15) is 11.5 Å². The molecule has 0 amide bonds. The van der Waals surface area contributed by atoms with Crippen molar-refractivity contribution in [2.24, 2.45) is 4.99 Å². The molecule has 2 aromatic heterocycles. The molecule has 3 heterocycles. The van der Waals surface area contributed by atoms with Gasteiger partial charge in [0.15, 0.2) is 3.95 Å². The summed E-state index contributed by atoms with van der Waals surface area (Å²) in [6.07, 6.45) is 5.28. The van der Waals surface area contributed by atoms with Crippen molar-refractivity contribution >= 4 is 47.1 Å². The third kappa shape index (κ3) is 2.92. The first-order chi connectivity index (χ1) is 12.2. The third-order valence-electron chi connectivity index (χ3n) is 3.93. The first-order valence-electron chi connectivity index (χ1n) is 7.55. The Morgan fingerprint density at radius 3 is 3.04 bits per heavy atom. The summed E-state index contributed by atoms with van der Waals surface area (Å²) in [6.45, 7) is 0.402. The van der Waals surface area contributed by atoms with E-state index in [2.05, 4.69) is 4.99 Å². The molecular weight excluding hydrogens is 356 g/mol. The number of aromatic nitrogens is 1. The monoisotopic (exact) mass is 370 g/mol. The zero-order chi connectivity index (χ0) is 17.4. The van der Waals surface area contributed by atoms with Crippen LogP contribution in [0.4, 0.5) is 5.69 Å². The molecule has 0 saturated carbocycles. The van der Waals surface area contributed by atoms with Gasteiger partial charge in [-0.3, -0.25) is 9.56 Å². The molecule has 1 aromatic carbocycles. The summed E-state index contributed by atoms with van der Waals surface area (Å²) in [6, 6.07) is 9.40. The fraction of sp³-hybridized carbons (Fsp3) is 0.111. The van der Waals surface area contributed by atoms with E-state index in [4.69, 9.17) is 21.4 Å².